The van der Waals surface area contributed by atoms with Crippen LogP contribution in [0.1, 0.15) is 26.7 Å². The Kier molecular flexibility index (Phi) is 4.85. The first-order valence-electron chi connectivity index (χ1n) is 5.61. The topological polar surface area (TPSA) is 37.6 Å². The van der Waals surface area contributed by atoms with Crippen LogP contribution in [-0.4, -0.2) is 48.8 Å². The fourth-order valence-corrected chi connectivity index (χ4v) is 2.19. The van der Waals surface area contributed by atoms with Gasteiger partial charge < -0.3 is 5.11 Å². The predicted molar refractivity (Wildman–Crippen MR) is 58.4 cm³/mol. The van der Waals surface area contributed by atoms with Gasteiger partial charge in [-0.15, -0.1) is 0 Å². The minimum absolute atomic E-state index is 0.110. The minimum Gasteiger partial charge on any atom is -0.392 e. The number of aliphatic hydroxyl groups excluding tert-OH is 1. The van der Waals surface area contributed by atoms with Crippen molar-refractivity contribution in [2.45, 2.75) is 38.8 Å². The van der Waals surface area contributed by atoms with Gasteiger partial charge in [0.1, 0.15) is 0 Å². The lowest BCUT2D eigenvalue weighted by molar-refractivity contribution is 0.149. The highest BCUT2D eigenvalue weighted by molar-refractivity contribution is 4.82. The fourth-order valence-electron chi connectivity index (χ4n) is 2.19. The molecule has 2 unspecified atom stereocenters. The van der Waals surface area contributed by atoms with E-state index in [2.05, 4.69) is 24.1 Å². The molecule has 0 bridgehead atoms. The van der Waals surface area contributed by atoms with E-state index in [1.54, 1.807) is 0 Å². The summed E-state index contributed by atoms with van der Waals surface area (Å²) < 4.78 is 0. The molecule has 0 amide bonds. The third-order valence-corrected chi connectivity index (χ3v) is 2.85. The average Bonchev–Trinajstić information content (AvgIpc) is 2.50. The molecule has 14 heavy (non-hydrogen) atoms. The number of nitrogens with zero attached hydrogens (tertiary/aromatic N) is 2. The van der Waals surface area contributed by atoms with Gasteiger partial charge in [0.25, 0.3) is 0 Å². The smallest absolute Gasteiger partial charge is 0.0679 e. The van der Waals surface area contributed by atoms with Crippen LogP contribution in [0.2, 0.25) is 0 Å². The van der Waals surface area contributed by atoms with E-state index >= 15 is 0 Å². The average molecular weight is 199 g/mol. The lowest BCUT2D eigenvalue weighted by Gasteiger charge is -2.28. The molecule has 3 heteroatoms. The number of hydrogen-bond donors (Lipinski definition) is 1. The molecular formula is C11H23N2O. The van der Waals surface area contributed by atoms with Crippen LogP contribution in [0.15, 0.2) is 0 Å². The zero-order valence-electron chi connectivity index (χ0n) is 9.61. The Morgan fingerprint density at radius 1 is 1.50 bits per heavy atom. The highest BCUT2D eigenvalue weighted by Gasteiger charge is 2.26. The van der Waals surface area contributed by atoms with E-state index in [1.807, 2.05) is 7.05 Å². The Bertz CT molecular complexity index is 161. The lowest BCUT2D eigenvalue weighted by atomic mass is 10.0. The minimum atomic E-state index is -0.110. The summed E-state index contributed by atoms with van der Waals surface area (Å²) in [5.41, 5.74) is 0. The van der Waals surface area contributed by atoms with Crippen LogP contribution < -0.4 is 5.32 Å². The number of likely N-dealkylation sites (N-methyl/N-ethyl adjacent to an activating group) is 1. The molecule has 0 aromatic carbocycles. The molecule has 1 aliphatic rings. The largest absolute Gasteiger partial charge is 0.392 e. The van der Waals surface area contributed by atoms with Crippen molar-refractivity contribution in [1.82, 2.24) is 10.2 Å². The first-order chi connectivity index (χ1) is 6.63. The van der Waals surface area contributed by atoms with E-state index in [9.17, 15) is 5.11 Å². The standard InChI is InChI=1S/C11H23N2O/c1-9(2)6-10(7-12-3)13-5-4-11(14)8-13/h9-11,14H,4-8H2,1-3H3. The summed E-state index contributed by atoms with van der Waals surface area (Å²) >= 11 is 0. The fraction of sp³-hybridized carbons (Fsp3) is 1.00. The van der Waals surface area contributed by atoms with E-state index in [1.165, 1.54) is 6.42 Å². The lowest BCUT2D eigenvalue weighted by Crippen LogP contribution is -2.40. The Morgan fingerprint density at radius 2 is 2.21 bits per heavy atom. The summed E-state index contributed by atoms with van der Waals surface area (Å²) in [6.45, 7) is 7.27. The maximum absolute atomic E-state index is 9.48. The Labute approximate surface area is 87.5 Å². The van der Waals surface area contributed by atoms with Crippen LogP contribution in [-0.2, 0) is 0 Å². The zero-order chi connectivity index (χ0) is 10.6. The molecule has 1 heterocycles. The predicted octanol–water partition coefficient (Wildman–Crippen LogP) is 0.702. The van der Waals surface area contributed by atoms with Crippen molar-refractivity contribution in [3.05, 3.63) is 0 Å². The van der Waals surface area contributed by atoms with Gasteiger partial charge in [0, 0.05) is 32.7 Å². The third-order valence-electron chi connectivity index (χ3n) is 2.85. The van der Waals surface area contributed by atoms with Gasteiger partial charge in [-0.1, -0.05) is 13.8 Å². The molecular weight excluding hydrogens is 176 g/mol. The summed E-state index contributed by atoms with van der Waals surface area (Å²) in [6, 6.07) is 0.539. The highest BCUT2D eigenvalue weighted by atomic mass is 16.3. The first-order valence-corrected chi connectivity index (χ1v) is 5.61. The van der Waals surface area contributed by atoms with Gasteiger partial charge >= 0.3 is 0 Å². The molecule has 2 atom stereocenters. The Balaban J connectivity index is 2.41. The van der Waals surface area contributed by atoms with E-state index in [-0.39, 0.29) is 6.10 Å². The maximum Gasteiger partial charge on any atom is 0.0679 e. The molecule has 1 N–H and O–H groups in total. The van der Waals surface area contributed by atoms with Crippen molar-refractivity contribution < 1.29 is 5.11 Å². The van der Waals surface area contributed by atoms with Gasteiger partial charge in [0.15, 0.2) is 0 Å². The van der Waals surface area contributed by atoms with Gasteiger partial charge in [-0.05, 0) is 18.8 Å². The van der Waals surface area contributed by atoms with Crippen LogP contribution in [0, 0.1) is 5.92 Å². The second kappa shape index (κ2) is 5.69. The zero-order valence-corrected chi connectivity index (χ0v) is 9.61. The van der Waals surface area contributed by atoms with E-state index in [4.69, 9.17) is 0 Å². The summed E-state index contributed by atoms with van der Waals surface area (Å²) in [6.07, 6.45) is 2.00. The third kappa shape index (κ3) is 3.56. The van der Waals surface area contributed by atoms with Crippen LogP contribution in [0.3, 0.4) is 0 Å². The number of hydrogen-bond acceptors (Lipinski definition) is 2. The second-order valence-corrected chi connectivity index (χ2v) is 4.72. The highest BCUT2D eigenvalue weighted by Crippen LogP contribution is 2.17. The van der Waals surface area contributed by atoms with Crippen molar-refractivity contribution in [3.63, 3.8) is 0 Å². The van der Waals surface area contributed by atoms with Gasteiger partial charge in [-0.2, -0.15) is 0 Å². The summed E-state index contributed by atoms with van der Waals surface area (Å²) in [4.78, 5) is 2.39. The molecule has 0 spiro atoms. The monoisotopic (exact) mass is 199 g/mol. The van der Waals surface area contributed by atoms with Gasteiger partial charge in [-0.3, -0.25) is 4.90 Å². The van der Waals surface area contributed by atoms with E-state index < -0.39 is 0 Å². The van der Waals surface area contributed by atoms with Gasteiger partial charge in [0.2, 0.25) is 0 Å². The molecule has 3 nitrogen and oxygen atoms in total. The van der Waals surface area contributed by atoms with Crippen LogP contribution >= 0.6 is 0 Å². The molecule has 1 aliphatic heterocycles. The molecule has 0 saturated carbocycles. The molecule has 0 aromatic rings. The van der Waals surface area contributed by atoms with Crippen LogP contribution in [0.5, 0.6) is 0 Å². The van der Waals surface area contributed by atoms with Crippen LogP contribution in [0.4, 0.5) is 0 Å². The number of rotatable bonds is 5. The van der Waals surface area contributed by atoms with Gasteiger partial charge in [-0.25, -0.2) is 5.32 Å². The van der Waals surface area contributed by atoms with E-state index in [0.717, 1.165) is 26.1 Å². The molecule has 1 rings (SSSR count). The number of aliphatic hydroxyl groups is 1. The molecule has 1 fully saturated rings. The van der Waals surface area contributed by atoms with Crippen LogP contribution in [0.25, 0.3) is 0 Å². The first kappa shape index (κ1) is 12.0. The number of likely N-dealkylation sites (tertiary alicyclic amines) is 1. The van der Waals surface area contributed by atoms with Crippen molar-refractivity contribution in [2.75, 3.05) is 26.7 Å². The summed E-state index contributed by atoms with van der Waals surface area (Å²) in [5.74, 6) is 0.708. The SMILES string of the molecule is C[N]CC(CC(C)C)N1CCC(O)C1. The molecule has 0 aromatic heterocycles. The van der Waals surface area contributed by atoms with Crippen molar-refractivity contribution in [3.8, 4) is 0 Å². The van der Waals surface area contributed by atoms with Crippen molar-refractivity contribution >= 4 is 0 Å². The molecule has 0 aliphatic carbocycles. The van der Waals surface area contributed by atoms with Crippen molar-refractivity contribution in [1.29, 1.82) is 0 Å². The Hall–Kier alpha value is -0.120. The van der Waals surface area contributed by atoms with Crippen molar-refractivity contribution in [2.24, 2.45) is 5.92 Å². The van der Waals surface area contributed by atoms with E-state index in [0.29, 0.717) is 12.0 Å². The summed E-state index contributed by atoms with van der Waals surface area (Å²) in [5, 5.41) is 13.7. The molecule has 1 radical (unpaired) electrons. The quantitative estimate of drug-likeness (QED) is 0.708. The number of β-amino-alcohol motifs (C(OH)–C–C–N with tert-alkyl or cyclic N) is 1. The summed E-state index contributed by atoms with van der Waals surface area (Å²) in [7, 11) is 1.87. The maximum atomic E-state index is 9.48. The van der Waals surface area contributed by atoms with Gasteiger partial charge in [0.05, 0.1) is 6.10 Å². The normalized spacial score (nSPS) is 25.9. The Morgan fingerprint density at radius 3 is 2.64 bits per heavy atom. The molecule has 1 saturated heterocycles. The molecule has 83 valence electrons. The second-order valence-electron chi connectivity index (χ2n) is 4.72.